The molecule has 2 rings (SSSR count). The van der Waals surface area contributed by atoms with Crippen LogP contribution in [0.3, 0.4) is 0 Å². The molecular weight excluding hydrogens is 348 g/mol. The standard InChI is InChI=1S/C12H17BrN2O2S2/c1-8-7-15(3-4-18-8)19(16,17)12-6-10(13)5-11(14)9(12)2/h5-6,8H,3-4,7,14H2,1-2H3. The minimum atomic E-state index is -3.46. The van der Waals surface area contributed by atoms with Crippen molar-refractivity contribution in [3.8, 4) is 0 Å². The van der Waals surface area contributed by atoms with Gasteiger partial charge in [-0.15, -0.1) is 0 Å². The molecule has 0 bridgehead atoms. The van der Waals surface area contributed by atoms with E-state index in [0.717, 1.165) is 5.75 Å². The van der Waals surface area contributed by atoms with Crippen molar-refractivity contribution < 1.29 is 8.42 Å². The van der Waals surface area contributed by atoms with Gasteiger partial charge in [0.15, 0.2) is 0 Å². The van der Waals surface area contributed by atoms with Gasteiger partial charge in [0.25, 0.3) is 0 Å². The van der Waals surface area contributed by atoms with E-state index in [1.165, 1.54) is 0 Å². The lowest BCUT2D eigenvalue weighted by Gasteiger charge is -2.30. The Labute approximate surface area is 126 Å². The van der Waals surface area contributed by atoms with Gasteiger partial charge >= 0.3 is 0 Å². The lowest BCUT2D eigenvalue weighted by molar-refractivity contribution is 0.424. The van der Waals surface area contributed by atoms with Crippen LogP contribution in [0.25, 0.3) is 0 Å². The van der Waals surface area contributed by atoms with E-state index in [1.807, 2.05) is 0 Å². The first-order valence-corrected chi connectivity index (χ1v) is 9.28. The van der Waals surface area contributed by atoms with Crippen LogP contribution < -0.4 is 5.73 Å². The fourth-order valence-corrected chi connectivity index (χ4v) is 5.75. The fraction of sp³-hybridized carbons (Fsp3) is 0.500. The molecule has 1 atom stereocenters. The van der Waals surface area contributed by atoms with E-state index in [-0.39, 0.29) is 0 Å². The zero-order valence-corrected chi connectivity index (χ0v) is 14.1. The largest absolute Gasteiger partial charge is 0.398 e. The molecule has 0 amide bonds. The lowest BCUT2D eigenvalue weighted by Crippen LogP contribution is -2.41. The van der Waals surface area contributed by atoms with Gasteiger partial charge in [0.1, 0.15) is 0 Å². The van der Waals surface area contributed by atoms with E-state index in [9.17, 15) is 8.42 Å². The van der Waals surface area contributed by atoms with Gasteiger partial charge in [-0.1, -0.05) is 22.9 Å². The smallest absolute Gasteiger partial charge is 0.243 e. The van der Waals surface area contributed by atoms with Gasteiger partial charge in [-0.05, 0) is 24.6 Å². The number of nitrogens with zero attached hydrogens (tertiary/aromatic N) is 1. The van der Waals surface area contributed by atoms with Crippen molar-refractivity contribution >= 4 is 43.4 Å². The molecule has 1 unspecified atom stereocenters. The molecule has 1 aliphatic heterocycles. The Kier molecular flexibility index (Phi) is 4.49. The summed E-state index contributed by atoms with van der Waals surface area (Å²) < 4.78 is 27.6. The number of nitrogens with two attached hydrogens (primary N) is 1. The zero-order valence-electron chi connectivity index (χ0n) is 10.9. The molecule has 0 aromatic heterocycles. The van der Waals surface area contributed by atoms with Gasteiger partial charge in [-0.2, -0.15) is 16.1 Å². The summed E-state index contributed by atoms with van der Waals surface area (Å²) >= 11 is 5.11. The van der Waals surface area contributed by atoms with Crippen LogP contribution in [0.5, 0.6) is 0 Å². The molecule has 1 aromatic carbocycles. The maximum atomic E-state index is 12.7. The average molecular weight is 365 g/mol. The summed E-state index contributed by atoms with van der Waals surface area (Å²) in [4.78, 5) is 0.304. The third kappa shape index (κ3) is 3.09. The first kappa shape index (κ1) is 15.2. The lowest BCUT2D eigenvalue weighted by atomic mass is 10.2. The summed E-state index contributed by atoms with van der Waals surface area (Å²) in [5.41, 5.74) is 6.97. The molecule has 0 aliphatic carbocycles. The average Bonchev–Trinajstić information content (AvgIpc) is 2.33. The SMILES string of the molecule is Cc1c(N)cc(Br)cc1S(=O)(=O)N1CCSC(C)C1. The molecule has 1 heterocycles. The highest BCUT2D eigenvalue weighted by Crippen LogP contribution is 2.30. The minimum Gasteiger partial charge on any atom is -0.398 e. The third-order valence-electron chi connectivity index (χ3n) is 3.19. The maximum Gasteiger partial charge on any atom is 0.243 e. The summed E-state index contributed by atoms with van der Waals surface area (Å²) in [6.07, 6.45) is 0. The van der Waals surface area contributed by atoms with E-state index in [2.05, 4.69) is 22.9 Å². The zero-order chi connectivity index (χ0) is 14.2. The predicted molar refractivity (Wildman–Crippen MR) is 84.0 cm³/mol. The molecule has 1 fully saturated rings. The van der Waals surface area contributed by atoms with Gasteiger partial charge in [0, 0.05) is 34.3 Å². The highest BCUT2D eigenvalue weighted by molar-refractivity contribution is 9.10. The Morgan fingerprint density at radius 1 is 1.47 bits per heavy atom. The molecule has 0 spiro atoms. The molecule has 19 heavy (non-hydrogen) atoms. The number of halogens is 1. The number of benzene rings is 1. The molecule has 1 aromatic rings. The van der Waals surface area contributed by atoms with Crippen molar-refractivity contribution in [2.24, 2.45) is 0 Å². The molecule has 1 saturated heterocycles. The van der Waals surface area contributed by atoms with Crippen molar-refractivity contribution in [3.05, 3.63) is 22.2 Å². The number of sulfonamides is 1. The number of hydrogen-bond acceptors (Lipinski definition) is 4. The van der Waals surface area contributed by atoms with E-state index < -0.39 is 10.0 Å². The fourth-order valence-electron chi connectivity index (χ4n) is 2.09. The first-order valence-electron chi connectivity index (χ1n) is 5.99. The second kappa shape index (κ2) is 5.63. The summed E-state index contributed by atoms with van der Waals surface area (Å²) in [7, 11) is -3.46. The summed E-state index contributed by atoms with van der Waals surface area (Å²) in [6, 6.07) is 3.36. The molecule has 106 valence electrons. The van der Waals surface area contributed by atoms with Gasteiger partial charge < -0.3 is 5.73 Å². The van der Waals surface area contributed by atoms with Crippen molar-refractivity contribution in [2.45, 2.75) is 24.0 Å². The number of hydrogen-bond donors (Lipinski definition) is 1. The number of rotatable bonds is 2. The summed E-state index contributed by atoms with van der Waals surface area (Å²) in [5, 5.41) is 0.327. The van der Waals surface area contributed by atoms with Gasteiger partial charge in [-0.25, -0.2) is 8.42 Å². The summed E-state index contributed by atoms with van der Waals surface area (Å²) in [6.45, 7) is 4.91. The molecule has 1 aliphatic rings. The third-order valence-corrected chi connectivity index (χ3v) is 6.77. The van der Waals surface area contributed by atoms with E-state index in [1.54, 1.807) is 35.1 Å². The minimum absolute atomic E-state index is 0.304. The predicted octanol–water partition coefficient (Wildman–Crippen LogP) is 2.47. The molecule has 2 N–H and O–H groups in total. The Hall–Kier alpha value is -0.240. The second-order valence-corrected chi connectivity index (χ2v) is 9.03. The van der Waals surface area contributed by atoms with Crippen LogP contribution in [0, 0.1) is 6.92 Å². The van der Waals surface area contributed by atoms with Crippen molar-refractivity contribution in [1.82, 2.24) is 4.31 Å². The Morgan fingerprint density at radius 3 is 2.79 bits per heavy atom. The molecule has 0 saturated carbocycles. The summed E-state index contributed by atoms with van der Waals surface area (Å²) in [5.74, 6) is 0.836. The highest BCUT2D eigenvalue weighted by atomic mass is 79.9. The van der Waals surface area contributed by atoms with Crippen LogP contribution in [0.1, 0.15) is 12.5 Å². The van der Waals surface area contributed by atoms with Crippen molar-refractivity contribution in [3.63, 3.8) is 0 Å². The molecule has 4 nitrogen and oxygen atoms in total. The topological polar surface area (TPSA) is 63.4 Å². The number of anilines is 1. The van der Waals surface area contributed by atoms with E-state index >= 15 is 0 Å². The van der Waals surface area contributed by atoms with Crippen LogP contribution in [0.15, 0.2) is 21.5 Å². The Bertz CT molecular complexity index is 590. The monoisotopic (exact) mass is 364 g/mol. The first-order chi connectivity index (χ1) is 8.82. The van der Waals surface area contributed by atoms with Gasteiger partial charge in [-0.3, -0.25) is 0 Å². The van der Waals surface area contributed by atoms with Crippen LogP contribution in [0.2, 0.25) is 0 Å². The van der Waals surface area contributed by atoms with Gasteiger partial charge in [0.05, 0.1) is 4.90 Å². The normalized spacial score (nSPS) is 21.5. The molecular formula is C12H17BrN2O2S2. The van der Waals surface area contributed by atoms with E-state index in [4.69, 9.17) is 5.73 Å². The maximum absolute atomic E-state index is 12.7. The quantitative estimate of drug-likeness (QED) is 0.818. The van der Waals surface area contributed by atoms with E-state index in [0.29, 0.717) is 39.0 Å². The Balaban J connectivity index is 2.45. The van der Waals surface area contributed by atoms with Crippen LogP contribution in [-0.4, -0.2) is 36.8 Å². The van der Waals surface area contributed by atoms with Crippen LogP contribution in [0.4, 0.5) is 5.69 Å². The van der Waals surface area contributed by atoms with Gasteiger partial charge in [0.2, 0.25) is 10.0 Å². The van der Waals surface area contributed by atoms with Crippen molar-refractivity contribution in [1.29, 1.82) is 0 Å². The Morgan fingerprint density at radius 2 is 2.16 bits per heavy atom. The number of thioether (sulfide) groups is 1. The molecule has 7 heteroatoms. The van der Waals surface area contributed by atoms with Crippen molar-refractivity contribution in [2.75, 3.05) is 24.6 Å². The highest BCUT2D eigenvalue weighted by Gasteiger charge is 2.30. The van der Waals surface area contributed by atoms with Crippen LogP contribution in [-0.2, 0) is 10.0 Å². The van der Waals surface area contributed by atoms with Crippen LogP contribution >= 0.6 is 27.7 Å². The number of nitrogen functional groups attached to an aromatic ring is 1. The molecule has 0 radical (unpaired) electrons. The second-order valence-electron chi connectivity index (χ2n) is 4.66.